The Hall–Kier alpha value is -1.27. The fourth-order valence-corrected chi connectivity index (χ4v) is 1.79. The van der Waals surface area contributed by atoms with Gasteiger partial charge in [0.25, 0.3) is 10.1 Å². The molecular weight excluding hydrogens is 226 g/mol. The smallest absolute Gasteiger partial charge is 0.282 e. The van der Waals surface area contributed by atoms with Crippen molar-refractivity contribution in [3.8, 4) is 0 Å². The second kappa shape index (κ2) is 4.08. The number of aryl methyl sites for hydroxylation is 1. The van der Waals surface area contributed by atoms with Crippen LogP contribution in [0.4, 0.5) is 8.78 Å². The zero-order valence-corrected chi connectivity index (χ0v) is 8.55. The molecular formula is C9H8F2O3S. The molecule has 0 aliphatic carbocycles. The van der Waals surface area contributed by atoms with E-state index in [4.69, 9.17) is 4.55 Å². The molecule has 0 bridgehead atoms. The summed E-state index contributed by atoms with van der Waals surface area (Å²) in [5.74, 6) is -1.34. The van der Waals surface area contributed by atoms with Crippen LogP contribution in [0.2, 0.25) is 0 Å². The van der Waals surface area contributed by atoms with E-state index in [-0.39, 0.29) is 6.33 Å². The molecule has 1 aromatic rings. The van der Waals surface area contributed by atoms with E-state index in [9.17, 15) is 17.2 Å². The summed E-state index contributed by atoms with van der Waals surface area (Å²) < 4.78 is 55.3. The monoisotopic (exact) mass is 234 g/mol. The summed E-state index contributed by atoms with van der Waals surface area (Å²) in [4.78, 5) is -0.653. The molecule has 0 saturated heterocycles. The average Bonchev–Trinajstić information content (AvgIpc) is 2.14. The lowest BCUT2D eigenvalue weighted by Crippen LogP contribution is -2.02. The van der Waals surface area contributed by atoms with Crippen molar-refractivity contribution < 1.29 is 21.8 Å². The van der Waals surface area contributed by atoms with Gasteiger partial charge in [-0.25, -0.2) is 8.78 Å². The zero-order chi connectivity index (χ0) is 11.6. The minimum atomic E-state index is -4.55. The third-order valence-electron chi connectivity index (χ3n) is 1.77. The molecule has 0 saturated carbocycles. The van der Waals surface area contributed by atoms with Gasteiger partial charge in [0.15, 0.2) is 5.83 Å². The standard InChI is InChI=1S/C9H8F2O3S/c1-6-2-3-9(15(12,13)14)7(4-6)8(11)5-10/h2-5H,1H3,(H,12,13,14). The average molecular weight is 234 g/mol. The molecule has 3 nitrogen and oxygen atoms in total. The van der Waals surface area contributed by atoms with Gasteiger partial charge in [-0.3, -0.25) is 4.55 Å². The number of benzene rings is 1. The summed E-state index contributed by atoms with van der Waals surface area (Å²) in [6.07, 6.45) is -0.358. The Balaban J connectivity index is 3.54. The van der Waals surface area contributed by atoms with E-state index in [1.807, 2.05) is 0 Å². The first-order chi connectivity index (χ1) is 6.86. The van der Waals surface area contributed by atoms with E-state index in [1.165, 1.54) is 6.07 Å². The molecule has 82 valence electrons. The number of hydrogen-bond donors (Lipinski definition) is 1. The van der Waals surface area contributed by atoms with Crippen LogP contribution < -0.4 is 0 Å². The number of halogens is 2. The van der Waals surface area contributed by atoms with Crippen molar-refractivity contribution in [1.29, 1.82) is 0 Å². The molecule has 6 heteroatoms. The van der Waals surface area contributed by atoms with Gasteiger partial charge in [-0.05, 0) is 19.1 Å². The van der Waals surface area contributed by atoms with E-state index in [1.54, 1.807) is 6.92 Å². The van der Waals surface area contributed by atoms with Crippen LogP contribution in [0.25, 0.3) is 5.83 Å². The second-order valence-electron chi connectivity index (χ2n) is 2.93. The van der Waals surface area contributed by atoms with Gasteiger partial charge in [0.05, 0.1) is 0 Å². The molecule has 0 fully saturated rings. The Morgan fingerprint density at radius 3 is 2.53 bits per heavy atom. The van der Waals surface area contributed by atoms with Crippen LogP contribution in [0.1, 0.15) is 11.1 Å². The first-order valence-electron chi connectivity index (χ1n) is 3.90. The van der Waals surface area contributed by atoms with Gasteiger partial charge in [-0.2, -0.15) is 8.42 Å². The number of rotatable bonds is 2. The third kappa shape index (κ3) is 2.60. The molecule has 0 unspecified atom stereocenters. The van der Waals surface area contributed by atoms with Gasteiger partial charge in [0.1, 0.15) is 11.2 Å². The predicted octanol–water partition coefficient (Wildman–Crippen LogP) is 2.48. The first-order valence-corrected chi connectivity index (χ1v) is 5.34. The highest BCUT2D eigenvalue weighted by molar-refractivity contribution is 7.85. The summed E-state index contributed by atoms with van der Waals surface area (Å²) in [5.41, 5.74) is 0.0643. The Morgan fingerprint density at radius 1 is 1.47 bits per heavy atom. The van der Waals surface area contributed by atoms with Crippen molar-refractivity contribution in [3.05, 3.63) is 35.7 Å². The lowest BCUT2D eigenvalue weighted by atomic mass is 10.1. The zero-order valence-electron chi connectivity index (χ0n) is 7.74. The van der Waals surface area contributed by atoms with Crippen molar-refractivity contribution in [2.45, 2.75) is 11.8 Å². The lowest BCUT2D eigenvalue weighted by Gasteiger charge is -2.05. The third-order valence-corrected chi connectivity index (χ3v) is 2.68. The van der Waals surface area contributed by atoms with Crippen LogP contribution >= 0.6 is 0 Å². The maximum Gasteiger partial charge on any atom is 0.295 e. The second-order valence-corrected chi connectivity index (χ2v) is 4.32. The molecule has 1 N–H and O–H groups in total. The summed E-state index contributed by atoms with van der Waals surface area (Å²) in [6, 6.07) is 3.52. The van der Waals surface area contributed by atoms with Crippen molar-refractivity contribution in [1.82, 2.24) is 0 Å². The molecule has 0 amide bonds. The van der Waals surface area contributed by atoms with E-state index >= 15 is 0 Å². The SMILES string of the molecule is Cc1ccc(S(=O)(=O)O)c(C(F)=CF)c1. The summed E-state index contributed by atoms with van der Waals surface area (Å²) >= 11 is 0. The highest BCUT2D eigenvalue weighted by Crippen LogP contribution is 2.25. The van der Waals surface area contributed by atoms with Crippen LogP contribution in [0.5, 0.6) is 0 Å². The molecule has 0 aliphatic heterocycles. The maximum atomic E-state index is 12.9. The van der Waals surface area contributed by atoms with Crippen molar-refractivity contribution in [3.63, 3.8) is 0 Å². The Bertz CT molecular complexity index is 506. The molecule has 15 heavy (non-hydrogen) atoms. The Morgan fingerprint density at radius 2 is 2.07 bits per heavy atom. The van der Waals surface area contributed by atoms with Crippen LogP contribution in [0.3, 0.4) is 0 Å². The normalized spacial score (nSPS) is 12.9. The largest absolute Gasteiger partial charge is 0.295 e. The fourth-order valence-electron chi connectivity index (χ4n) is 1.11. The van der Waals surface area contributed by atoms with Gasteiger partial charge >= 0.3 is 0 Å². The number of hydrogen-bond acceptors (Lipinski definition) is 2. The van der Waals surface area contributed by atoms with Gasteiger partial charge in [0.2, 0.25) is 0 Å². The van der Waals surface area contributed by atoms with E-state index < -0.39 is 26.4 Å². The summed E-state index contributed by atoms with van der Waals surface area (Å²) in [7, 11) is -4.55. The molecule has 1 rings (SSSR count). The molecule has 0 spiro atoms. The maximum absolute atomic E-state index is 12.9. The highest BCUT2D eigenvalue weighted by Gasteiger charge is 2.18. The lowest BCUT2D eigenvalue weighted by molar-refractivity contribution is 0.482. The predicted molar refractivity (Wildman–Crippen MR) is 51.2 cm³/mol. The molecule has 0 heterocycles. The molecule has 0 aliphatic rings. The van der Waals surface area contributed by atoms with Crippen LogP contribution in [-0.4, -0.2) is 13.0 Å². The van der Waals surface area contributed by atoms with Crippen molar-refractivity contribution in [2.24, 2.45) is 0 Å². The molecule has 0 aromatic heterocycles. The summed E-state index contributed by atoms with van der Waals surface area (Å²) in [6.45, 7) is 1.59. The van der Waals surface area contributed by atoms with Crippen molar-refractivity contribution >= 4 is 15.9 Å². The quantitative estimate of drug-likeness (QED) is 0.800. The van der Waals surface area contributed by atoms with E-state index in [0.717, 1.165) is 12.1 Å². The van der Waals surface area contributed by atoms with Gasteiger partial charge in [-0.1, -0.05) is 11.6 Å². The van der Waals surface area contributed by atoms with Gasteiger partial charge in [-0.15, -0.1) is 0 Å². The topological polar surface area (TPSA) is 54.4 Å². The molecule has 0 atom stereocenters. The Kier molecular flexibility index (Phi) is 3.21. The fraction of sp³-hybridized carbons (Fsp3) is 0.111. The minimum Gasteiger partial charge on any atom is -0.282 e. The van der Waals surface area contributed by atoms with E-state index in [0.29, 0.717) is 5.56 Å². The Labute approximate surface area is 85.8 Å². The summed E-state index contributed by atoms with van der Waals surface area (Å²) in [5, 5.41) is 0. The van der Waals surface area contributed by atoms with Crippen LogP contribution in [0.15, 0.2) is 29.4 Å². The highest BCUT2D eigenvalue weighted by atomic mass is 32.2. The van der Waals surface area contributed by atoms with Crippen LogP contribution in [0, 0.1) is 6.92 Å². The van der Waals surface area contributed by atoms with Crippen molar-refractivity contribution in [2.75, 3.05) is 0 Å². The first kappa shape index (κ1) is 11.8. The minimum absolute atomic E-state index is 0.358. The van der Waals surface area contributed by atoms with Crippen LogP contribution in [-0.2, 0) is 10.1 Å². The van der Waals surface area contributed by atoms with Gasteiger partial charge < -0.3 is 0 Å². The van der Waals surface area contributed by atoms with Gasteiger partial charge in [0, 0.05) is 5.56 Å². The van der Waals surface area contributed by atoms with E-state index in [2.05, 4.69) is 0 Å². The molecule has 0 radical (unpaired) electrons. The molecule has 1 aromatic carbocycles.